The molecule has 0 spiro atoms. The summed E-state index contributed by atoms with van der Waals surface area (Å²) < 4.78 is 11.3. The number of aromatic hydroxyl groups is 1. The molecule has 1 aromatic carbocycles. The molecule has 3 aliphatic rings. The molecule has 1 amide bonds. The first-order valence-electron chi connectivity index (χ1n) is 12.6. The van der Waals surface area contributed by atoms with Gasteiger partial charge in [-0.25, -0.2) is 0 Å². The number of nitrogens with one attached hydrogen (secondary N) is 1. The van der Waals surface area contributed by atoms with Gasteiger partial charge in [0.1, 0.15) is 11.4 Å². The van der Waals surface area contributed by atoms with Crippen molar-refractivity contribution in [2.24, 2.45) is 5.92 Å². The zero-order valence-electron chi connectivity index (χ0n) is 20.2. The quantitative estimate of drug-likeness (QED) is 0.461. The summed E-state index contributed by atoms with van der Waals surface area (Å²) in [6.07, 6.45) is 11.8. The lowest BCUT2D eigenvalue weighted by atomic mass is 9.55. The third kappa shape index (κ3) is 5.01. The predicted octanol–water partition coefficient (Wildman–Crippen LogP) is 4.02. The molecule has 1 aliphatic heterocycles. The van der Waals surface area contributed by atoms with Crippen LogP contribution in [0.15, 0.2) is 53.4 Å². The van der Waals surface area contributed by atoms with Crippen LogP contribution in [0.2, 0.25) is 0 Å². The van der Waals surface area contributed by atoms with Gasteiger partial charge in [-0.3, -0.25) is 14.5 Å². The molecular weight excluding hydrogens is 444 g/mol. The maximum Gasteiger partial charge on any atom is 0.303 e. The van der Waals surface area contributed by atoms with Crippen LogP contribution < -0.4 is 5.32 Å². The first-order valence-corrected chi connectivity index (χ1v) is 12.6. The maximum atomic E-state index is 12.7. The van der Waals surface area contributed by atoms with Crippen LogP contribution >= 0.6 is 0 Å². The highest BCUT2D eigenvalue weighted by Crippen LogP contribution is 2.54. The minimum Gasteiger partial charge on any atom is -0.508 e. The molecule has 3 atom stereocenters. The van der Waals surface area contributed by atoms with Crippen molar-refractivity contribution < 1.29 is 23.8 Å². The van der Waals surface area contributed by atoms with Crippen LogP contribution in [0, 0.1) is 5.92 Å². The van der Waals surface area contributed by atoms with E-state index in [1.165, 1.54) is 25.8 Å². The molecule has 0 radical (unpaired) electrons. The van der Waals surface area contributed by atoms with E-state index in [4.69, 9.17) is 9.15 Å². The molecular formula is C28H34N2O5. The number of piperidine rings is 1. The number of furan rings is 1. The Labute approximate surface area is 206 Å². The number of amides is 1. The molecule has 186 valence electrons. The molecule has 35 heavy (non-hydrogen) atoms. The lowest BCUT2D eigenvalue weighted by molar-refractivity contribution is -0.187. The van der Waals surface area contributed by atoms with Gasteiger partial charge >= 0.3 is 5.97 Å². The molecule has 7 heteroatoms. The number of nitrogens with zero attached hydrogens (tertiary/aromatic N) is 1. The van der Waals surface area contributed by atoms with Gasteiger partial charge in [0.2, 0.25) is 5.91 Å². The minimum absolute atomic E-state index is 0.0717. The Hall–Kier alpha value is -3.06. The zero-order chi connectivity index (χ0) is 24.5. The number of phenols is 1. The van der Waals surface area contributed by atoms with Gasteiger partial charge in [-0.05, 0) is 80.8 Å². The summed E-state index contributed by atoms with van der Waals surface area (Å²) >= 11 is 0. The average molecular weight is 479 g/mol. The summed E-state index contributed by atoms with van der Waals surface area (Å²) in [7, 11) is 0. The molecule has 2 aromatic rings. The van der Waals surface area contributed by atoms with Crippen molar-refractivity contribution in [2.75, 3.05) is 19.6 Å². The Kier molecular flexibility index (Phi) is 6.45. The predicted molar refractivity (Wildman–Crippen MR) is 132 cm³/mol. The van der Waals surface area contributed by atoms with Crippen LogP contribution in [0.25, 0.3) is 6.08 Å². The summed E-state index contributed by atoms with van der Waals surface area (Å²) in [6, 6.07) is 9.07. The first-order chi connectivity index (χ1) is 16.9. The van der Waals surface area contributed by atoms with Crippen LogP contribution in [0.3, 0.4) is 0 Å². The maximum absolute atomic E-state index is 12.7. The Morgan fingerprint density at radius 2 is 2.11 bits per heavy atom. The second-order valence-electron chi connectivity index (χ2n) is 10.5. The number of hydrogen-bond acceptors (Lipinski definition) is 6. The number of likely N-dealkylation sites (tertiary alicyclic amines) is 1. The number of ether oxygens (including phenoxy) is 1. The Morgan fingerprint density at radius 3 is 2.83 bits per heavy atom. The fraction of sp³-hybridized carbons (Fsp3) is 0.500. The second-order valence-corrected chi connectivity index (χ2v) is 10.5. The molecule has 2 N–H and O–H groups in total. The van der Waals surface area contributed by atoms with E-state index in [-0.39, 0.29) is 23.7 Å². The van der Waals surface area contributed by atoms with Gasteiger partial charge in [-0.1, -0.05) is 12.1 Å². The van der Waals surface area contributed by atoms with Crippen molar-refractivity contribution in [1.82, 2.24) is 10.2 Å². The van der Waals surface area contributed by atoms with Crippen LogP contribution in [-0.4, -0.2) is 53.2 Å². The van der Waals surface area contributed by atoms with Crippen LogP contribution in [0.4, 0.5) is 0 Å². The Morgan fingerprint density at radius 1 is 1.26 bits per heavy atom. The SMILES string of the molecule is CC(=O)O[C@]12CC[C@@H](NC(=O)/C=C/c3ccoc3)C[C@]1(c1cccc(O)c1)CCN(CC1CC1)C2. The van der Waals surface area contributed by atoms with Gasteiger partial charge in [0.05, 0.1) is 12.5 Å². The second kappa shape index (κ2) is 9.53. The first kappa shape index (κ1) is 23.7. The lowest BCUT2D eigenvalue weighted by Crippen LogP contribution is -2.68. The summed E-state index contributed by atoms with van der Waals surface area (Å²) in [5.74, 6) is 0.500. The number of hydrogen-bond donors (Lipinski definition) is 2. The van der Waals surface area contributed by atoms with Crippen LogP contribution in [0.1, 0.15) is 56.6 Å². The number of esters is 1. The molecule has 1 saturated heterocycles. The Bertz CT molecular complexity index is 1090. The normalized spacial score (nSPS) is 29.0. The summed E-state index contributed by atoms with van der Waals surface area (Å²) in [5, 5.41) is 13.5. The van der Waals surface area contributed by atoms with Gasteiger partial charge in [-0.15, -0.1) is 0 Å². The fourth-order valence-electron chi connectivity index (χ4n) is 6.23. The van der Waals surface area contributed by atoms with E-state index in [9.17, 15) is 14.7 Å². The molecule has 0 unspecified atom stereocenters. The monoisotopic (exact) mass is 478 g/mol. The molecule has 3 fully saturated rings. The van der Waals surface area contributed by atoms with Crippen molar-refractivity contribution >= 4 is 18.0 Å². The van der Waals surface area contributed by atoms with Gasteiger partial charge < -0.3 is 19.6 Å². The van der Waals surface area contributed by atoms with E-state index in [1.54, 1.807) is 36.8 Å². The van der Waals surface area contributed by atoms with E-state index < -0.39 is 11.0 Å². The molecule has 0 bridgehead atoms. The lowest BCUT2D eigenvalue weighted by Gasteiger charge is -2.59. The van der Waals surface area contributed by atoms with Crippen molar-refractivity contribution in [3.05, 3.63) is 60.1 Å². The third-order valence-electron chi connectivity index (χ3n) is 7.97. The van der Waals surface area contributed by atoms with Crippen LogP contribution in [-0.2, 0) is 19.7 Å². The highest BCUT2D eigenvalue weighted by atomic mass is 16.6. The van der Waals surface area contributed by atoms with Gasteiger partial charge in [0.15, 0.2) is 0 Å². The number of phenolic OH excluding ortho intramolecular Hbond substituents is 1. The highest BCUT2D eigenvalue weighted by Gasteiger charge is 2.61. The van der Waals surface area contributed by atoms with Gasteiger partial charge in [0.25, 0.3) is 0 Å². The molecule has 7 nitrogen and oxygen atoms in total. The zero-order valence-corrected chi connectivity index (χ0v) is 20.2. The van der Waals surface area contributed by atoms with Crippen LogP contribution in [0.5, 0.6) is 5.75 Å². The van der Waals surface area contributed by atoms with Gasteiger partial charge in [-0.2, -0.15) is 0 Å². The van der Waals surface area contributed by atoms with Crippen molar-refractivity contribution in [1.29, 1.82) is 0 Å². The van der Waals surface area contributed by atoms with E-state index in [0.29, 0.717) is 19.4 Å². The summed E-state index contributed by atoms with van der Waals surface area (Å²) in [4.78, 5) is 27.6. The third-order valence-corrected chi connectivity index (χ3v) is 7.97. The number of carbonyl (C=O) groups excluding carboxylic acids is 2. The van der Waals surface area contributed by atoms with Crippen molar-refractivity contribution in [2.45, 2.75) is 62.5 Å². The van der Waals surface area contributed by atoms with Crippen molar-refractivity contribution in [3.63, 3.8) is 0 Å². The molecule has 2 heterocycles. The Balaban J connectivity index is 1.44. The molecule has 2 aliphatic carbocycles. The number of benzene rings is 1. The fourth-order valence-corrected chi connectivity index (χ4v) is 6.23. The topological polar surface area (TPSA) is 92.0 Å². The minimum atomic E-state index is -0.701. The number of rotatable bonds is 7. The van der Waals surface area contributed by atoms with Gasteiger partial charge in [0, 0.05) is 43.1 Å². The van der Waals surface area contributed by atoms with E-state index in [0.717, 1.165) is 43.0 Å². The highest BCUT2D eigenvalue weighted by molar-refractivity contribution is 5.91. The van der Waals surface area contributed by atoms with Crippen molar-refractivity contribution in [3.8, 4) is 5.75 Å². The standard InChI is InChI=1S/C28H34N2O5/c1-20(31)35-28-11-9-24(29-26(33)8-7-22-10-14-34-18-22)16-27(28,23-3-2-4-25(32)15-23)12-13-30(19-28)17-21-5-6-21/h2-4,7-8,10,14-15,18,21,24,32H,5-6,9,11-13,16-17,19H2,1H3,(H,29,33)/b8-7+/t24-,27+,28+/m1/s1. The molecule has 5 rings (SSSR count). The number of fused-ring (bicyclic) bond motifs is 1. The molecule has 2 saturated carbocycles. The number of carbonyl (C=O) groups is 2. The van der Waals surface area contributed by atoms with E-state index in [2.05, 4.69) is 10.2 Å². The smallest absolute Gasteiger partial charge is 0.303 e. The molecule has 1 aromatic heterocycles. The summed E-state index contributed by atoms with van der Waals surface area (Å²) in [6.45, 7) is 4.10. The average Bonchev–Trinajstić information content (AvgIpc) is 3.47. The largest absolute Gasteiger partial charge is 0.508 e. The summed E-state index contributed by atoms with van der Waals surface area (Å²) in [5.41, 5.74) is 0.602. The van der Waals surface area contributed by atoms with E-state index in [1.807, 2.05) is 12.1 Å². The van der Waals surface area contributed by atoms with E-state index >= 15 is 0 Å².